The van der Waals surface area contributed by atoms with Crippen molar-refractivity contribution >= 4 is 11.7 Å². The fourth-order valence-corrected chi connectivity index (χ4v) is 4.47. The fraction of sp³-hybridized carbons (Fsp3) is 0.423. The predicted molar refractivity (Wildman–Crippen MR) is 132 cm³/mol. The number of aromatic nitrogens is 3. The lowest BCUT2D eigenvalue weighted by Crippen LogP contribution is -2.45. The summed E-state index contributed by atoms with van der Waals surface area (Å²) < 4.78 is 7.51. The number of carbonyl (C=O) groups excluding carboxylic acids is 1. The van der Waals surface area contributed by atoms with Crippen LogP contribution < -0.4 is 15.0 Å². The molecule has 1 aliphatic carbocycles. The highest BCUT2D eigenvalue weighted by Gasteiger charge is 2.26. The minimum absolute atomic E-state index is 0.239. The lowest BCUT2D eigenvalue weighted by atomic mass is 9.92. The Morgan fingerprint density at radius 2 is 1.94 bits per heavy atom. The summed E-state index contributed by atoms with van der Waals surface area (Å²) in [5, 5.41) is 17.5. The second kappa shape index (κ2) is 10.3. The second-order valence-corrected chi connectivity index (χ2v) is 9.13. The van der Waals surface area contributed by atoms with Crippen LogP contribution in [-0.4, -0.2) is 59.1 Å². The molecular formula is C26H33N5O3. The number of hydrogen-bond donors (Lipinski definition) is 2. The van der Waals surface area contributed by atoms with Gasteiger partial charge in [0.2, 0.25) is 0 Å². The molecular weight excluding hydrogens is 430 g/mol. The van der Waals surface area contributed by atoms with E-state index in [1.54, 1.807) is 17.9 Å². The Kier molecular flexibility index (Phi) is 7.17. The number of anilines is 1. The van der Waals surface area contributed by atoms with Crippen LogP contribution in [0.5, 0.6) is 5.75 Å². The number of amides is 1. The molecule has 0 bridgehead atoms. The molecule has 0 saturated heterocycles. The van der Waals surface area contributed by atoms with Crippen LogP contribution in [0.15, 0.2) is 42.7 Å². The Morgan fingerprint density at radius 1 is 1.21 bits per heavy atom. The number of nitrogens with zero attached hydrogens (tertiary/aromatic N) is 4. The Balaban J connectivity index is 1.61. The number of aliphatic hydroxyl groups is 1. The summed E-state index contributed by atoms with van der Waals surface area (Å²) in [5.41, 5.74) is 4.46. The van der Waals surface area contributed by atoms with Gasteiger partial charge in [0, 0.05) is 44.9 Å². The first-order valence-electron chi connectivity index (χ1n) is 11.7. The minimum atomic E-state index is -0.512. The van der Waals surface area contributed by atoms with Crippen molar-refractivity contribution in [3.05, 3.63) is 59.5 Å². The van der Waals surface area contributed by atoms with E-state index in [0.717, 1.165) is 41.5 Å². The molecule has 3 aromatic rings. The first-order chi connectivity index (χ1) is 16.4. The number of aryl methyl sites for hydroxylation is 1. The van der Waals surface area contributed by atoms with Gasteiger partial charge in [-0.15, -0.1) is 0 Å². The molecule has 2 heterocycles. The molecule has 34 heavy (non-hydrogen) atoms. The van der Waals surface area contributed by atoms with E-state index in [2.05, 4.69) is 39.7 Å². The zero-order valence-corrected chi connectivity index (χ0v) is 20.3. The van der Waals surface area contributed by atoms with Gasteiger partial charge in [0.1, 0.15) is 5.69 Å². The zero-order chi connectivity index (χ0) is 24.2. The van der Waals surface area contributed by atoms with Crippen molar-refractivity contribution in [3.8, 4) is 16.9 Å². The number of rotatable bonds is 7. The van der Waals surface area contributed by atoms with Gasteiger partial charge >= 0.3 is 0 Å². The van der Waals surface area contributed by atoms with Crippen LogP contribution in [0.25, 0.3) is 11.1 Å². The van der Waals surface area contributed by atoms with E-state index >= 15 is 0 Å². The number of ether oxygens (including phenoxy) is 1. The molecule has 2 N–H and O–H groups in total. The standard InChI is InChI=1S/C26H33N5O3/c1-30(2)25-24(34-4)19(13-17-9-11-18(12-10-17)20-15-27-31(3)16-20)14-22(28-25)26(33)29-21-7-5-6-8-23(21)32/h9-12,14-16,21,23,32H,5-8,13H2,1-4H3,(H,29,33)/t21-,23-/m0/s1. The third kappa shape index (κ3) is 5.22. The average Bonchev–Trinajstić information content (AvgIpc) is 3.26. The van der Waals surface area contributed by atoms with E-state index in [4.69, 9.17) is 4.74 Å². The van der Waals surface area contributed by atoms with Crippen molar-refractivity contribution in [2.75, 3.05) is 26.1 Å². The molecule has 1 saturated carbocycles. The highest BCUT2D eigenvalue weighted by molar-refractivity contribution is 5.93. The molecule has 4 rings (SSSR count). The molecule has 2 aromatic heterocycles. The summed E-state index contributed by atoms with van der Waals surface area (Å²) in [6.45, 7) is 0. The molecule has 2 atom stereocenters. The molecule has 0 spiro atoms. The molecule has 1 amide bonds. The van der Waals surface area contributed by atoms with Gasteiger partial charge in [-0.3, -0.25) is 9.48 Å². The lowest BCUT2D eigenvalue weighted by molar-refractivity contribution is 0.0713. The summed E-state index contributed by atoms with van der Waals surface area (Å²) in [7, 11) is 7.28. The topological polar surface area (TPSA) is 92.5 Å². The molecule has 1 aliphatic rings. The maximum absolute atomic E-state index is 13.1. The number of benzene rings is 1. The maximum Gasteiger partial charge on any atom is 0.270 e. The summed E-state index contributed by atoms with van der Waals surface area (Å²) >= 11 is 0. The van der Waals surface area contributed by atoms with Crippen molar-refractivity contribution in [2.24, 2.45) is 7.05 Å². The van der Waals surface area contributed by atoms with Crippen LogP contribution in [0.3, 0.4) is 0 Å². The van der Waals surface area contributed by atoms with Crippen molar-refractivity contribution < 1.29 is 14.6 Å². The monoisotopic (exact) mass is 463 g/mol. The van der Waals surface area contributed by atoms with Crippen LogP contribution in [0.4, 0.5) is 5.82 Å². The highest BCUT2D eigenvalue weighted by atomic mass is 16.5. The van der Waals surface area contributed by atoms with Crippen LogP contribution in [-0.2, 0) is 13.5 Å². The number of carbonyl (C=O) groups is 1. The third-order valence-electron chi connectivity index (χ3n) is 6.33. The van der Waals surface area contributed by atoms with E-state index in [-0.39, 0.29) is 11.9 Å². The number of nitrogens with one attached hydrogen (secondary N) is 1. The molecule has 8 heteroatoms. The van der Waals surface area contributed by atoms with Crippen LogP contribution in [0.1, 0.15) is 47.3 Å². The van der Waals surface area contributed by atoms with Crippen LogP contribution in [0.2, 0.25) is 0 Å². The minimum Gasteiger partial charge on any atom is -0.493 e. The summed E-state index contributed by atoms with van der Waals surface area (Å²) in [6, 6.07) is 9.86. The van der Waals surface area contributed by atoms with E-state index < -0.39 is 6.10 Å². The van der Waals surface area contributed by atoms with Gasteiger partial charge in [0.05, 0.1) is 25.5 Å². The quantitative estimate of drug-likeness (QED) is 0.559. The van der Waals surface area contributed by atoms with Crippen molar-refractivity contribution in [1.82, 2.24) is 20.1 Å². The average molecular weight is 464 g/mol. The molecule has 8 nitrogen and oxygen atoms in total. The highest BCUT2D eigenvalue weighted by Crippen LogP contribution is 2.32. The normalized spacial score (nSPS) is 17.9. The summed E-state index contributed by atoms with van der Waals surface area (Å²) in [6.07, 6.45) is 7.39. The first-order valence-corrected chi connectivity index (χ1v) is 11.7. The van der Waals surface area contributed by atoms with Crippen LogP contribution in [0, 0.1) is 0 Å². The van der Waals surface area contributed by atoms with Gasteiger partial charge in [0.15, 0.2) is 11.6 Å². The fourth-order valence-electron chi connectivity index (χ4n) is 4.47. The maximum atomic E-state index is 13.1. The largest absolute Gasteiger partial charge is 0.493 e. The van der Waals surface area contributed by atoms with Gasteiger partial charge in [0.25, 0.3) is 5.91 Å². The molecule has 0 aliphatic heterocycles. The Morgan fingerprint density at radius 3 is 2.56 bits per heavy atom. The Hall–Kier alpha value is -3.39. The smallest absolute Gasteiger partial charge is 0.270 e. The molecule has 0 unspecified atom stereocenters. The van der Waals surface area contributed by atoms with Crippen molar-refractivity contribution in [3.63, 3.8) is 0 Å². The van der Waals surface area contributed by atoms with Gasteiger partial charge in [-0.25, -0.2) is 4.98 Å². The lowest BCUT2D eigenvalue weighted by Gasteiger charge is -2.28. The van der Waals surface area contributed by atoms with E-state index in [1.807, 2.05) is 38.4 Å². The summed E-state index contributed by atoms with van der Waals surface area (Å²) in [5.74, 6) is 0.974. The number of hydrogen-bond acceptors (Lipinski definition) is 6. The van der Waals surface area contributed by atoms with Gasteiger partial charge in [-0.2, -0.15) is 5.10 Å². The van der Waals surface area contributed by atoms with E-state index in [0.29, 0.717) is 30.1 Å². The zero-order valence-electron chi connectivity index (χ0n) is 20.3. The van der Waals surface area contributed by atoms with E-state index in [1.165, 1.54) is 0 Å². The van der Waals surface area contributed by atoms with Crippen molar-refractivity contribution in [2.45, 2.75) is 44.2 Å². The van der Waals surface area contributed by atoms with E-state index in [9.17, 15) is 9.90 Å². The Labute approximate surface area is 200 Å². The SMILES string of the molecule is COc1c(Cc2ccc(-c3cnn(C)c3)cc2)cc(C(=O)N[C@H]2CCCC[C@@H]2O)nc1N(C)C. The predicted octanol–water partition coefficient (Wildman–Crippen LogP) is 3.18. The number of methoxy groups -OCH3 is 1. The van der Waals surface area contributed by atoms with Crippen LogP contribution >= 0.6 is 0 Å². The molecule has 1 fully saturated rings. The number of aliphatic hydroxyl groups excluding tert-OH is 1. The first kappa shape index (κ1) is 23.8. The third-order valence-corrected chi connectivity index (χ3v) is 6.33. The molecule has 0 radical (unpaired) electrons. The Bertz CT molecular complexity index is 1140. The molecule has 1 aromatic carbocycles. The van der Waals surface area contributed by atoms with Crippen molar-refractivity contribution in [1.29, 1.82) is 0 Å². The number of pyridine rings is 1. The van der Waals surface area contributed by atoms with Gasteiger partial charge in [-0.1, -0.05) is 37.1 Å². The van der Waals surface area contributed by atoms with Gasteiger partial charge < -0.3 is 20.1 Å². The second-order valence-electron chi connectivity index (χ2n) is 9.13. The van der Waals surface area contributed by atoms with Gasteiger partial charge in [-0.05, 0) is 30.0 Å². The summed E-state index contributed by atoms with van der Waals surface area (Å²) in [4.78, 5) is 19.5. The molecule has 180 valence electrons.